The highest BCUT2D eigenvalue weighted by atomic mass is 19.1. The molecule has 0 spiro atoms. The Kier molecular flexibility index (Phi) is 2.47. The van der Waals surface area contributed by atoms with Gasteiger partial charge in [0.05, 0.1) is 0 Å². The summed E-state index contributed by atoms with van der Waals surface area (Å²) >= 11 is 0. The summed E-state index contributed by atoms with van der Waals surface area (Å²) in [5.74, 6) is 0.338. The molecule has 15 heavy (non-hydrogen) atoms. The molecule has 1 amide bonds. The number of carbonyl (C=O) groups excluding carboxylic acids is 1. The molecule has 1 aliphatic carbocycles. The van der Waals surface area contributed by atoms with Crippen molar-refractivity contribution in [2.24, 2.45) is 5.92 Å². The molecule has 1 saturated carbocycles. The average Bonchev–Trinajstić information content (AvgIpc) is 2.97. The number of halogens is 1. The molecule has 1 aromatic rings. The highest BCUT2D eigenvalue weighted by Crippen LogP contribution is 2.48. The second kappa shape index (κ2) is 3.65. The predicted octanol–water partition coefficient (Wildman–Crippen LogP) is 2.02. The highest BCUT2D eigenvalue weighted by Gasteiger charge is 2.44. The Bertz CT molecular complexity index is 372. The SMILES string of the molecule is CN(C)C(=O)C1CC1c1ccc(F)cc1. The van der Waals surface area contributed by atoms with Crippen LogP contribution in [-0.2, 0) is 4.79 Å². The van der Waals surface area contributed by atoms with Gasteiger partial charge in [-0.05, 0) is 30.0 Å². The molecule has 2 unspecified atom stereocenters. The van der Waals surface area contributed by atoms with Gasteiger partial charge in [0, 0.05) is 20.0 Å². The molecule has 0 N–H and O–H groups in total. The quantitative estimate of drug-likeness (QED) is 0.726. The minimum Gasteiger partial charge on any atom is -0.349 e. The van der Waals surface area contributed by atoms with Gasteiger partial charge in [0.2, 0.25) is 5.91 Å². The topological polar surface area (TPSA) is 20.3 Å². The molecule has 80 valence electrons. The smallest absolute Gasteiger partial charge is 0.225 e. The van der Waals surface area contributed by atoms with E-state index in [9.17, 15) is 9.18 Å². The summed E-state index contributed by atoms with van der Waals surface area (Å²) in [6.07, 6.45) is 0.892. The fourth-order valence-corrected chi connectivity index (χ4v) is 1.88. The molecule has 2 rings (SSSR count). The first-order chi connectivity index (χ1) is 7.09. The summed E-state index contributed by atoms with van der Waals surface area (Å²) in [6.45, 7) is 0. The van der Waals surface area contributed by atoms with E-state index in [0.717, 1.165) is 12.0 Å². The van der Waals surface area contributed by atoms with E-state index in [-0.39, 0.29) is 17.6 Å². The van der Waals surface area contributed by atoms with E-state index < -0.39 is 0 Å². The monoisotopic (exact) mass is 207 g/mol. The summed E-state index contributed by atoms with van der Waals surface area (Å²) in [5.41, 5.74) is 1.07. The third-order valence-electron chi connectivity index (χ3n) is 2.85. The Hall–Kier alpha value is -1.38. The highest BCUT2D eigenvalue weighted by molar-refractivity contribution is 5.82. The van der Waals surface area contributed by atoms with Crippen molar-refractivity contribution in [1.82, 2.24) is 4.90 Å². The lowest BCUT2D eigenvalue weighted by Gasteiger charge is -2.09. The maximum absolute atomic E-state index is 12.7. The molecule has 0 radical (unpaired) electrons. The van der Waals surface area contributed by atoms with Gasteiger partial charge in [0.25, 0.3) is 0 Å². The van der Waals surface area contributed by atoms with Crippen LogP contribution < -0.4 is 0 Å². The van der Waals surface area contributed by atoms with Crippen LogP contribution in [0.4, 0.5) is 4.39 Å². The van der Waals surface area contributed by atoms with Gasteiger partial charge in [-0.3, -0.25) is 4.79 Å². The van der Waals surface area contributed by atoms with Crippen LogP contribution in [0.5, 0.6) is 0 Å². The minimum atomic E-state index is -0.227. The van der Waals surface area contributed by atoms with Crippen molar-refractivity contribution in [1.29, 1.82) is 0 Å². The van der Waals surface area contributed by atoms with Crippen LogP contribution in [0.2, 0.25) is 0 Å². The van der Waals surface area contributed by atoms with Gasteiger partial charge in [-0.15, -0.1) is 0 Å². The van der Waals surface area contributed by atoms with Gasteiger partial charge in [-0.2, -0.15) is 0 Å². The Morgan fingerprint density at radius 3 is 2.47 bits per heavy atom. The van der Waals surface area contributed by atoms with Crippen molar-refractivity contribution in [2.75, 3.05) is 14.1 Å². The lowest BCUT2D eigenvalue weighted by molar-refractivity contribution is -0.130. The number of nitrogens with zero attached hydrogens (tertiary/aromatic N) is 1. The van der Waals surface area contributed by atoms with E-state index >= 15 is 0 Å². The number of rotatable bonds is 2. The van der Waals surface area contributed by atoms with Crippen LogP contribution >= 0.6 is 0 Å². The van der Waals surface area contributed by atoms with Gasteiger partial charge >= 0.3 is 0 Å². The minimum absolute atomic E-state index is 0.102. The average molecular weight is 207 g/mol. The molecule has 0 aromatic heterocycles. The van der Waals surface area contributed by atoms with E-state index in [1.54, 1.807) is 31.1 Å². The standard InChI is InChI=1S/C12H14FNO/c1-14(2)12(15)11-7-10(11)8-3-5-9(13)6-4-8/h3-6,10-11H,7H2,1-2H3. The van der Waals surface area contributed by atoms with Crippen molar-refractivity contribution < 1.29 is 9.18 Å². The van der Waals surface area contributed by atoms with Crippen LogP contribution in [0.25, 0.3) is 0 Å². The summed E-state index contributed by atoms with van der Waals surface area (Å²) in [4.78, 5) is 13.2. The normalized spacial score (nSPS) is 23.7. The number of benzene rings is 1. The van der Waals surface area contributed by atoms with Gasteiger partial charge in [0.1, 0.15) is 5.82 Å². The third-order valence-corrected chi connectivity index (χ3v) is 2.85. The van der Waals surface area contributed by atoms with Crippen molar-refractivity contribution in [3.63, 3.8) is 0 Å². The Morgan fingerprint density at radius 1 is 1.33 bits per heavy atom. The Balaban J connectivity index is 2.05. The Morgan fingerprint density at radius 2 is 1.93 bits per heavy atom. The zero-order valence-electron chi connectivity index (χ0n) is 8.90. The van der Waals surface area contributed by atoms with E-state index in [1.807, 2.05) is 0 Å². The summed E-state index contributed by atoms with van der Waals surface area (Å²) < 4.78 is 12.7. The molecular weight excluding hydrogens is 193 g/mol. The maximum atomic E-state index is 12.7. The van der Waals surface area contributed by atoms with Crippen molar-refractivity contribution in [2.45, 2.75) is 12.3 Å². The van der Waals surface area contributed by atoms with Gasteiger partial charge in [-0.25, -0.2) is 4.39 Å². The molecule has 0 heterocycles. The number of hydrogen-bond donors (Lipinski definition) is 0. The first-order valence-corrected chi connectivity index (χ1v) is 5.06. The molecule has 3 heteroatoms. The molecular formula is C12H14FNO. The van der Waals surface area contributed by atoms with Crippen molar-refractivity contribution in [3.8, 4) is 0 Å². The van der Waals surface area contributed by atoms with Crippen LogP contribution in [0.15, 0.2) is 24.3 Å². The maximum Gasteiger partial charge on any atom is 0.225 e. The largest absolute Gasteiger partial charge is 0.349 e. The molecule has 2 atom stereocenters. The lowest BCUT2D eigenvalue weighted by atomic mass is 10.1. The molecule has 1 fully saturated rings. The van der Waals surface area contributed by atoms with Crippen LogP contribution in [0.3, 0.4) is 0 Å². The van der Waals surface area contributed by atoms with Gasteiger partial charge in [-0.1, -0.05) is 12.1 Å². The van der Waals surface area contributed by atoms with E-state index in [2.05, 4.69) is 0 Å². The predicted molar refractivity (Wildman–Crippen MR) is 55.9 cm³/mol. The van der Waals surface area contributed by atoms with Gasteiger partial charge in [0.15, 0.2) is 0 Å². The fraction of sp³-hybridized carbons (Fsp3) is 0.417. The molecule has 1 aliphatic rings. The number of carbonyl (C=O) groups is 1. The second-order valence-corrected chi connectivity index (χ2v) is 4.23. The molecule has 0 saturated heterocycles. The zero-order valence-corrected chi connectivity index (χ0v) is 8.90. The molecule has 0 bridgehead atoms. The van der Waals surface area contributed by atoms with Crippen LogP contribution in [0.1, 0.15) is 17.9 Å². The zero-order chi connectivity index (χ0) is 11.0. The Labute approximate surface area is 88.7 Å². The fourth-order valence-electron chi connectivity index (χ4n) is 1.88. The summed E-state index contributed by atoms with van der Waals surface area (Å²) in [5, 5.41) is 0. The summed E-state index contributed by atoms with van der Waals surface area (Å²) in [7, 11) is 3.53. The van der Waals surface area contributed by atoms with Crippen molar-refractivity contribution in [3.05, 3.63) is 35.6 Å². The van der Waals surface area contributed by atoms with Gasteiger partial charge < -0.3 is 4.90 Å². The molecule has 2 nitrogen and oxygen atoms in total. The third kappa shape index (κ3) is 2.01. The molecule has 0 aliphatic heterocycles. The number of amides is 1. The van der Waals surface area contributed by atoms with E-state index in [0.29, 0.717) is 5.92 Å². The summed E-state index contributed by atoms with van der Waals surface area (Å²) in [6, 6.07) is 6.43. The van der Waals surface area contributed by atoms with E-state index in [1.165, 1.54) is 12.1 Å². The van der Waals surface area contributed by atoms with Crippen molar-refractivity contribution >= 4 is 5.91 Å². The second-order valence-electron chi connectivity index (χ2n) is 4.23. The first kappa shape index (κ1) is 10.1. The molecule has 1 aromatic carbocycles. The van der Waals surface area contributed by atoms with Crippen LogP contribution in [0, 0.1) is 11.7 Å². The number of hydrogen-bond acceptors (Lipinski definition) is 1. The first-order valence-electron chi connectivity index (χ1n) is 5.06. The lowest BCUT2D eigenvalue weighted by Crippen LogP contribution is -2.23. The van der Waals surface area contributed by atoms with Crippen LogP contribution in [-0.4, -0.2) is 24.9 Å². The van der Waals surface area contributed by atoms with E-state index in [4.69, 9.17) is 0 Å².